The van der Waals surface area contributed by atoms with Crippen molar-refractivity contribution in [2.24, 2.45) is 5.41 Å². The van der Waals surface area contributed by atoms with Crippen molar-refractivity contribution in [1.29, 1.82) is 5.26 Å². The fourth-order valence-corrected chi connectivity index (χ4v) is 2.74. The Bertz CT molecular complexity index is 696. The van der Waals surface area contributed by atoms with Gasteiger partial charge >= 0.3 is 13.1 Å². The second-order valence-corrected chi connectivity index (χ2v) is 7.70. The lowest BCUT2D eigenvalue weighted by molar-refractivity contribution is -0.210. The zero-order valence-corrected chi connectivity index (χ0v) is 16.1. The fraction of sp³-hybridized carbons (Fsp3) is 0.579. The van der Waals surface area contributed by atoms with E-state index in [0.29, 0.717) is 6.61 Å². The summed E-state index contributed by atoms with van der Waals surface area (Å²) in [5.41, 5.74) is 0.535. The fourth-order valence-electron chi connectivity index (χ4n) is 2.74. The van der Waals surface area contributed by atoms with Crippen LogP contribution in [0.25, 0.3) is 0 Å². The van der Waals surface area contributed by atoms with Crippen LogP contribution < -0.4 is 10.4 Å². The number of carbonyl (C=O) groups excluding carboxylic acids is 1. The number of nitriles is 1. The summed E-state index contributed by atoms with van der Waals surface area (Å²) in [6, 6.07) is 7.02. The molecule has 1 aromatic carbocycles. The molecule has 1 heterocycles. The summed E-state index contributed by atoms with van der Waals surface area (Å²) in [5, 5.41) is 9.39. The molecule has 0 aliphatic carbocycles. The molecule has 0 amide bonds. The summed E-state index contributed by atoms with van der Waals surface area (Å²) in [6.07, 6.45) is 3.08. The van der Waals surface area contributed by atoms with E-state index in [1.165, 1.54) is 6.92 Å². The highest BCUT2D eigenvalue weighted by Gasteiger charge is 2.42. The lowest BCUT2D eigenvalue weighted by Crippen LogP contribution is -2.50. The van der Waals surface area contributed by atoms with Crippen LogP contribution in [0.4, 0.5) is 0 Å². The molecule has 6 nitrogen and oxygen atoms in total. The zero-order chi connectivity index (χ0) is 19.4. The van der Waals surface area contributed by atoms with Gasteiger partial charge in [-0.1, -0.05) is 26.3 Å². The number of nitrogens with zero attached hydrogens (tertiary/aromatic N) is 1. The van der Waals surface area contributed by atoms with Crippen LogP contribution in [0, 0.1) is 16.7 Å². The molecular formula is C19H26BNO5. The van der Waals surface area contributed by atoms with Gasteiger partial charge in [0.25, 0.3) is 0 Å². The average molecular weight is 359 g/mol. The van der Waals surface area contributed by atoms with Gasteiger partial charge in [-0.05, 0) is 49.7 Å². The van der Waals surface area contributed by atoms with Gasteiger partial charge in [0.05, 0.1) is 11.2 Å². The van der Waals surface area contributed by atoms with Crippen LogP contribution in [0.5, 0.6) is 5.75 Å². The van der Waals surface area contributed by atoms with Crippen molar-refractivity contribution >= 4 is 18.6 Å². The van der Waals surface area contributed by atoms with Crippen molar-refractivity contribution in [3.63, 3.8) is 0 Å². The van der Waals surface area contributed by atoms with E-state index in [1.807, 2.05) is 6.07 Å². The summed E-state index contributed by atoms with van der Waals surface area (Å²) >= 11 is 0. The van der Waals surface area contributed by atoms with Gasteiger partial charge in [0.1, 0.15) is 6.07 Å². The molecule has 0 atom stereocenters. The van der Waals surface area contributed by atoms with Crippen LogP contribution in [0.1, 0.15) is 59.4 Å². The molecule has 0 radical (unpaired) electrons. The minimum absolute atomic E-state index is 0.0185. The maximum atomic E-state index is 10.9. The lowest BCUT2D eigenvalue weighted by atomic mass is 9.70. The molecule has 2 rings (SSSR count). The lowest BCUT2D eigenvalue weighted by Gasteiger charge is -2.42. The van der Waals surface area contributed by atoms with Gasteiger partial charge in [-0.25, -0.2) is 4.79 Å². The van der Waals surface area contributed by atoms with Crippen LogP contribution in [-0.4, -0.2) is 25.3 Å². The predicted molar refractivity (Wildman–Crippen MR) is 97.7 cm³/mol. The summed E-state index contributed by atoms with van der Waals surface area (Å²) in [7, 11) is -0.586. The molecule has 1 aliphatic rings. The van der Waals surface area contributed by atoms with E-state index in [1.54, 1.807) is 18.2 Å². The van der Waals surface area contributed by atoms with Crippen molar-refractivity contribution in [1.82, 2.24) is 0 Å². The van der Waals surface area contributed by atoms with Gasteiger partial charge < -0.3 is 9.31 Å². The number of carbonyl (C=O) groups is 1. The third-order valence-electron chi connectivity index (χ3n) is 5.14. The van der Waals surface area contributed by atoms with Crippen LogP contribution in [-0.2, 0) is 19.0 Å². The van der Waals surface area contributed by atoms with Crippen molar-refractivity contribution < 1.29 is 23.9 Å². The van der Waals surface area contributed by atoms with E-state index in [2.05, 4.69) is 32.6 Å². The molecule has 0 spiro atoms. The molecule has 7 heteroatoms. The molecule has 0 bridgehead atoms. The second-order valence-electron chi connectivity index (χ2n) is 7.70. The van der Waals surface area contributed by atoms with E-state index in [-0.39, 0.29) is 16.7 Å². The molecule has 140 valence electrons. The molecule has 0 saturated carbocycles. The maximum absolute atomic E-state index is 10.9. The summed E-state index contributed by atoms with van der Waals surface area (Å²) in [6.45, 7) is 10.3. The van der Waals surface area contributed by atoms with Gasteiger partial charge in [0.2, 0.25) is 0 Å². The Kier molecular flexibility index (Phi) is 6.32. The molecular weight excluding hydrogens is 333 g/mol. The zero-order valence-electron chi connectivity index (χ0n) is 16.1. The number of hydrogen-bond donors (Lipinski definition) is 0. The van der Waals surface area contributed by atoms with Crippen molar-refractivity contribution in [2.45, 2.75) is 59.5 Å². The van der Waals surface area contributed by atoms with E-state index in [0.717, 1.165) is 24.7 Å². The topological polar surface area (TPSA) is 77.8 Å². The Hall–Kier alpha value is -2.04. The Balaban J connectivity index is 2.29. The van der Waals surface area contributed by atoms with E-state index in [4.69, 9.17) is 14.2 Å². The van der Waals surface area contributed by atoms with Crippen molar-refractivity contribution in [2.75, 3.05) is 6.61 Å². The molecule has 0 N–H and O–H groups in total. The van der Waals surface area contributed by atoms with Crippen LogP contribution >= 0.6 is 0 Å². The van der Waals surface area contributed by atoms with Gasteiger partial charge in [-0.2, -0.15) is 5.26 Å². The molecule has 1 aromatic rings. The van der Waals surface area contributed by atoms with E-state index in [9.17, 15) is 10.1 Å². The Labute approximate surface area is 155 Å². The SMILES string of the molecule is CC(=O)OOc1ccc(B2OCCCCC(C)(C)C(C)(C)O2)cc1C#N. The highest BCUT2D eigenvalue weighted by atomic mass is 17.2. The van der Waals surface area contributed by atoms with Gasteiger partial charge in [0.15, 0.2) is 5.75 Å². The van der Waals surface area contributed by atoms with Crippen molar-refractivity contribution in [3.05, 3.63) is 23.8 Å². The van der Waals surface area contributed by atoms with Crippen LogP contribution in [0.15, 0.2) is 18.2 Å². The molecule has 26 heavy (non-hydrogen) atoms. The van der Waals surface area contributed by atoms with Crippen LogP contribution in [0.2, 0.25) is 0 Å². The van der Waals surface area contributed by atoms with Gasteiger partial charge in [-0.15, -0.1) is 0 Å². The first-order valence-electron chi connectivity index (χ1n) is 8.85. The normalized spacial score (nSPS) is 19.5. The smallest absolute Gasteiger partial charge is 0.407 e. The van der Waals surface area contributed by atoms with E-state index >= 15 is 0 Å². The Morgan fingerprint density at radius 1 is 1.27 bits per heavy atom. The maximum Gasteiger partial charge on any atom is 0.494 e. The first kappa shape index (κ1) is 20.3. The molecule has 0 aromatic heterocycles. The first-order chi connectivity index (χ1) is 12.2. The monoisotopic (exact) mass is 359 g/mol. The average Bonchev–Trinajstić information content (AvgIpc) is 2.62. The summed E-state index contributed by atoms with van der Waals surface area (Å²) < 4.78 is 12.3. The molecule has 1 fully saturated rings. The second kappa shape index (κ2) is 8.11. The molecule has 1 saturated heterocycles. The quantitative estimate of drug-likeness (QED) is 0.469. The minimum Gasteiger partial charge on any atom is -0.407 e. The van der Waals surface area contributed by atoms with Crippen LogP contribution in [0.3, 0.4) is 0 Å². The first-order valence-corrected chi connectivity index (χ1v) is 8.85. The summed E-state index contributed by atoms with van der Waals surface area (Å²) in [5.74, 6) is -0.418. The predicted octanol–water partition coefficient (Wildman–Crippen LogP) is 3.13. The largest absolute Gasteiger partial charge is 0.494 e. The highest BCUT2D eigenvalue weighted by molar-refractivity contribution is 6.61. The third-order valence-corrected chi connectivity index (χ3v) is 5.14. The number of benzene rings is 1. The van der Waals surface area contributed by atoms with Gasteiger partial charge in [-0.3, -0.25) is 9.78 Å². The number of rotatable bonds is 3. The van der Waals surface area contributed by atoms with E-state index < -0.39 is 18.7 Å². The molecule has 1 aliphatic heterocycles. The Morgan fingerprint density at radius 2 is 2.00 bits per heavy atom. The minimum atomic E-state index is -0.593. The highest BCUT2D eigenvalue weighted by Crippen LogP contribution is 2.39. The van der Waals surface area contributed by atoms with Crippen molar-refractivity contribution in [3.8, 4) is 11.8 Å². The summed E-state index contributed by atoms with van der Waals surface area (Å²) in [4.78, 5) is 20.3. The number of hydrogen-bond acceptors (Lipinski definition) is 6. The van der Waals surface area contributed by atoms with Gasteiger partial charge in [0, 0.05) is 13.5 Å². The third kappa shape index (κ3) is 4.77. The standard InChI is InChI=1S/C19H26BNO5/c1-14(22)24-25-17-9-8-16(12-15(17)13-21)20-23-11-7-6-10-18(2,3)19(4,5)26-20/h8-9,12H,6-7,10-11H2,1-5H3. The Morgan fingerprint density at radius 3 is 2.65 bits per heavy atom. The molecule has 0 unspecified atom stereocenters.